The second-order valence-electron chi connectivity index (χ2n) is 6.54. The van der Waals surface area contributed by atoms with Crippen LogP contribution in [-0.2, 0) is 13.1 Å². The Morgan fingerprint density at radius 3 is 2.19 bits per heavy atom. The largest absolute Gasteiger partial charge is 0.254 e. The molecule has 3 aromatic carbocycles. The Labute approximate surface area is 154 Å². The zero-order chi connectivity index (χ0) is 17.9. The highest BCUT2D eigenvalue weighted by molar-refractivity contribution is 5.74. The summed E-state index contributed by atoms with van der Waals surface area (Å²) < 4.78 is 4.72. The lowest BCUT2D eigenvalue weighted by Gasteiger charge is -2.03. The molecular formula is C24H21N2+. The van der Waals surface area contributed by atoms with E-state index in [2.05, 4.69) is 94.8 Å². The van der Waals surface area contributed by atoms with Gasteiger partial charge in [-0.1, -0.05) is 66.6 Å². The first-order valence-electron chi connectivity index (χ1n) is 8.83. The highest BCUT2D eigenvalue weighted by Gasteiger charge is 2.22. The van der Waals surface area contributed by atoms with Gasteiger partial charge in [0.05, 0.1) is 0 Å². The minimum absolute atomic E-state index is 0.832. The van der Waals surface area contributed by atoms with Gasteiger partial charge < -0.3 is 0 Å². The van der Waals surface area contributed by atoms with Crippen molar-refractivity contribution in [2.24, 2.45) is 0 Å². The summed E-state index contributed by atoms with van der Waals surface area (Å²) in [6, 6.07) is 27.4. The van der Waals surface area contributed by atoms with Crippen molar-refractivity contribution in [3.05, 3.63) is 101 Å². The van der Waals surface area contributed by atoms with Gasteiger partial charge in [0.25, 0.3) is 5.82 Å². The van der Waals surface area contributed by atoms with Crippen LogP contribution in [0.4, 0.5) is 0 Å². The van der Waals surface area contributed by atoms with E-state index in [4.69, 9.17) is 6.42 Å². The number of imidazole rings is 1. The van der Waals surface area contributed by atoms with Crippen molar-refractivity contribution >= 4 is 11.0 Å². The number of fused-ring (bicyclic) bond motifs is 1. The predicted molar refractivity (Wildman–Crippen MR) is 106 cm³/mol. The first kappa shape index (κ1) is 16.2. The van der Waals surface area contributed by atoms with Crippen LogP contribution < -0.4 is 4.57 Å². The third-order valence-electron chi connectivity index (χ3n) is 4.87. The lowest BCUT2D eigenvalue weighted by atomic mass is 10.2. The standard InChI is InChI=1S/C24H21N2/c1-3-20-14-15-23-24(16-20)26(18-22-12-8-5-9-13-22)19(2)25(23)17-21-10-6-4-7-11-21/h1,4-16H,17-18H2,2H3/q+1. The summed E-state index contributed by atoms with van der Waals surface area (Å²) in [6.07, 6.45) is 5.65. The Balaban J connectivity index is 1.87. The second kappa shape index (κ2) is 6.90. The molecule has 0 saturated heterocycles. The van der Waals surface area contributed by atoms with Gasteiger partial charge in [0.2, 0.25) is 0 Å². The van der Waals surface area contributed by atoms with Gasteiger partial charge in [-0.25, -0.2) is 9.13 Å². The van der Waals surface area contributed by atoms with E-state index in [0.29, 0.717) is 0 Å². The van der Waals surface area contributed by atoms with Gasteiger partial charge in [0, 0.05) is 18.6 Å². The number of hydrogen-bond acceptors (Lipinski definition) is 0. The van der Waals surface area contributed by atoms with Crippen LogP contribution >= 0.6 is 0 Å². The third kappa shape index (κ3) is 3.00. The minimum Gasteiger partial charge on any atom is -0.223 e. The highest BCUT2D eigenvalue weighted by atomic mass is 15.2. The summed E-state index contributed by atoms with van der Waals surface area (Å²) in [5.74, 6) is 3.99. The molecule has 1 heterocycles. The van der Waals surface area contributed by atoms with Gasteiger partial charge >= 0.3 is 0 Å². The fourth-order valence-electron chi connectivity index (χ4n) is 3.48. The summed E-state index contributed by atoms with van der Waals surface area (Å²) in [4.78, 5) is 0. The normalized spacial score (nSPS) is 10.8. The predicted octanol–water partition coefficient (Wildman–Crippen LogP) is 4.32. The second-order valence-corrected chi connectivity index (χ2v) is 6.54. The van der Waals surface area contributed by atoms with Crippen molar-refractivity contribution in [3.63, 3.8) is 0 Å². The van der Waals surface area contributed by atoms with Gasteiger partial charge in [-0.3, -0.25) is 0 Å². The third-order valence-corrected chi connectivity index (χ3v) is 4.87. The lowest BCUT2D eigenvalue weighted by Crippen LogP contribution is -2.37. The quantitative estimate of drug-likeness (QED) is 0.387. The van der Waals surface area contributed by atoms with E-state index >= 15 is 0 Å². The molecule has 4 aromatic rings. The van der Waals surface area contributed by atoms with Crippen LogP contribution in [0.25, 0.3) is 11.0 Å². The molecule has 0 N–H and O–H groups in total. The Morgan fingerprint density at radius 2 is 1.54 bits per heavy atom. The van der Waals surface area contributed by atoms with E-state index in [9.17, 15) is 0 Å². The Morgan fingerprint density at radius 1 is 0.885 bits per heavy atom. The van der Waals surface area contributed by atoms with Crippen molar-refractivity contribution in [1.29, 1.82) is 0 Å². The lowest BCUT2D eigenvalue weighted by molar-refractivity contribution is -0.669. The molecule has 2 heteroatoms. The summed E-state index contributed by atoms with van der Waals surface area (Å²) in [6.45, 7) is 3.86. The molecule has 0 saturated carbocycles. The van der Waals surface area contributed by atoms with Crippen LogP contribution in [0, 0.1) is 19.3 Å². The monoisotopic (exact) mass is 337 g/mol. The molecule has 1 aromatic heterocycles. The average molecular weight is 337 g/mol. The molecule has 4 rings (SSSR count). The maximum Gasteiger partial charge on any atom is 0.254 e. The van der Waals surface area contributed by atoms with E-state index in [-0.39, 0.29) is 0 Å². The van der Waals surface area contributed by atoms with E-state index in [1.165, 1.54) is 28.0 Å². The summed E-state index contributed by atoms with van der Waals surface area (Å²) in [5, 5.41) is 0. The van der Waals surface area contributed by atoms with Gasteiger partial charge in [-0.2, -0.15) is 0 Å². The molecule has 0 radical (unpaired) electrons. The number of hydrogen-bond donors (Lipinski definition) is 0. The number of terminal acetylenes is 1. The number of benzene rings is 3. The van der Waals surface area contributed by atoms with E-state index in [1.54, 1.807) is 0 Å². The number of aromatic nitrogens is 2. The topological polar surface area (TPSA) is 8.81 Å². The van der Waals surface area contributed by atoms with Gasteiger partial charge in [0.1, 0.15) is 13.1 Å². The average Bonchev–Trinajstić information content (AvgIpc) is 2.95. The molecule has 0 atom stereocenters. The Kier molecular flexibility index (Phi) is 4.29. The van der Waals surface area contributed by atoms with E-state index in [1.807, 2.05) is 6.07 Å². The molecule has 0 amide bonds. The van der Waals surface area contributed by atoms with Crippen molar-refractivity contribution in [2.45, 2.75) is 20.0 Å². The first-order valence-corrected chi connectivity index (χ1v) is 8.83. The molecule has 0 aliphatic rings. The van der Waals surface area contributed by atoms with E-state index in [0.717, 1.165) is 18.7 Å². The zero-order valence-corrected chi connectivity index (χ0v) is 14.9. The summed E-state index contributed by atoms with van der Waals surface area (Å²) in [5.41, 5.74) is 5.88. The van der Waals surface area contributed by atoms with Crippen molar-refractivity contribution in [3.8, 4) is 12.3 Å². The smallest absolute Gasteiger partial charge is 0.223 e. The molecule has 2 nitrogen and oxygen atoms in total. The fraction of sp³-hybridized carbons (Fsp3) is 0.125. The maximum atomic E-state index is 5.65. The van der Waals surface area contributed by atoms with Crippen molar-refractivity contribution in [2.75, 3.05) is 0 Å². The fourth-order valence-corrected chi connectivity index (χ4v) is 3.48. The van der Waals surface area contributed by atoms with Crippen LogP contribution in [0.2, 0.25) is 0 Å². The van der Waals surface area contributed by atoms with Crippen LogP contribution in [-0.4, -0.2) is 4.57 Å². The molecule has 26 heavy (non-hydrogen) atoms. The SMILES string of the molecule is C#Cc1ccc2c(c1)n(Cc1ccccc1)c(C)[n+]2Cc1ccccc1. The van der Waals surface area contributed by atoms with Crippen LogP contribution in [0.15, 0.2) is 78.9 Å². The molecular weight excluding hydrogens is 316 g/mol. The summed E-state index contributed by atoms with van der Waals surface area (Å²) in [7, 11) is 0. The van der Waals surface area contributed by atoms with E-state index < -0.39 is 0 Å². The van der Waals surface area contributed by atoms with Gasteiger partial charge in [0.15, 0.2) is 11.0 Å². The van der Waals surface area contributed by atoms with Gasteiger partial charge in [-0.05, 0) is 23.3 Å². The molecule has 0 bridgehead atoms. The maximum absolute atomic E-state index is 5.65. The van der Waals surface area contributed by atoms with Crippen LogP contribution in [0.3, 0.4) is 0 Å². The van der Waals surface area contributed by atoms with Crippen LogP contribution in [0.5, 0.6) is 0 Å². The molecule has 0 spiro atoms. The first-order chi connectivity index (χ1) is 12.8. The molecule has 0 fully saturated rings. The molecule has 0 aliphatic carbocycles. The van der Waals surface area contributed by atoms with Crippen molar-refractivity contribution < 1.29 is 4.57 Å². The zero-order valence-electron chi connectivity index (χ0n) is 14.9. The molecule has 126 valence electrons. The Hall–Kier alpha value is -3.31. The minimum atomic E-state index is 0.832. The van der Waals surface area contributed by atoms with Crippen LogP contribution in [0.1, 0.15) is 22.5 Å². The summed E-state index contributed by atoms with van der Waals surface area (Å²) >= 11 is 0. The number of rotatable bonds is 4. The molecule has 0 aliphatic heterocycles. The number of nitrogens with zero attached hydrogens (tertiary/aromatic N) is 2. The van der Waals surface area contributed by atoms with Gasteiger partial charge in [-0.15, -0.1) is 6.42 Å². The molecule has 0 unspecified atom stereocenters. The highest BCUT2D eigenvalue weighted by Crippen LogP contribution is 2.19. The Bertz CT molecular complexity index is 1080. The van der Waals surface area contributed by atoms with Crippen molar-refractivity contribution in [1.82, 2.24) is 4.57 Å².